The summed E-state index contributed by atoms with van der Waals surface area (Å²) in [5.74, 6) is -1.53. The maximum atomic E-state index is 13.2. The molecule has 1 saturated heterocycles. The van der Waals surface area contributed by atoms with Crippen LogP contribution in [0.1, 0.15) is 64.2 Å². The van der Waals surface area contributed by atoms with Gasteiger partial charge in [-0.15, -0.1) is 0 Å². The molecule has 1 heterocycles. The van der Waals surface area contributed by atoms with Gasteiger partial charge in [0, 0.05) is 13.1 Å². The van der Waals surface area contributed by atoms with E-state index in [9.17, 15) is 33.9 Å². The first-order chi connectivity index (χ1) is 23.6. The summed E-state index contributed by atoms with van der Waals surface area (Å²) in [6.07, 6.45) is 10.2. The summed E-state index contributed by atoms with van der Waals surface area (Å²) >= 11 is 0. The lowest BCUT2D eigenvalue weighted by Gasteiger charge is -2.22. The number of aliphatic carboxylic acids is 1. The molecule has 16 heteroatoms. The largest absolute Gasteiger partial charge is 0.480 e. The Morgan fingerprint density at radius 2 is 1.04 bits per heavy atom. The fraction of sp³-hybridized carbons (Fsp3) is 0.758. The number of carbonyl (C=O) groups is 6. The van der Waals surface area contributed by atoms with E-state index in [1.807, 2.05) is 0 Å². The van der Waals surface area contributed by atoms with Crippen molar-refractivity contribution in [3.05, 3.63) is 12.2 Å². The summed E-state index contributed by atoms with van der Waals surface area (Å²) in [7, 11) is 0. The van der Waals surface area contributed by atoms with Gasteiger partial charge in [0.1, 0.15) is 18.1 Å². The summed E-state index contributed by atoms with van der Waals surface area (Å²) in [5.41, 5.74) is 16.7. The molecule has 49 heavy (non-hydrogen) atoms. The highest BCUT2D eigenvalue weighted by atomic mass is 16.4. The van der Waals surface area contributed by atoms with E-state index in [1.54, 1.807) is 0 Å². The second kappa shape index (κ2) is 20.8. The van der Waals surface area contributed by atoms with Crippen LogP contribution in [0.15, 0.2) is 12.2 Å². The molecular formula is C33H57N9O7. The molecule has 0 aromatic heterocycles. The number of carbonyl (C=O) groups excluding carboxylic acids is 5. The van der Waals surface area contributed by atoms with Gasteiger partial charge in [0.05, 0.1) is 19.6 Å². The quantitative estimate of drug-likeness (QED) is 0.0391. The molecule has 2 fully saturated rings. The van der Waals surface area contributed by atoms with Gasteiger partial charge in [-0.1, -0.05) is 12.2 Å². The molecule has 3 rings (SSSR count). The Kier molecular flexibility index (Phi) is 16.9. The maximum absolute atomic E-state index is 13.2. The highest BCUT2D eigenvalue weighted by Crippen LogP contribution is 2.51. The third-order valence-corrected chi connectivity index (χ3v) is 9.73. The number of allylic oxidation sites excluding steroid dienone is 2. The van der Waals surface area contributed by atoms with Crippen LogP contribution >= 0.6 is 0 Å². The molecule has 5 amide bonds. The van der Waals surface area contributed by atoms with Crippen LogP contribution < -0.4 is 43.8 Å². The van der Waals surface area contributed by atoms with E-state index in [0.717, 1.165) is 13.1 Å². The fourth-order valence-corrected chi connectivity index (χ4v) is 7.16. The minimum Gasteiger partial charge on any atom is -0.480 e. The number of fused-ring (bicyclic) bond motifs is 5. The highest BCUT2D eigenvalue weighted by molar-refractivity contribution is 5.94. The minimum atomic E-state index is -1.19. The third kappa shape index (κ3) is 13.0. The lowest BCUT2D eigenvalue weighted by molar-refractivity contribution is -0.142. The minimum absolute atomic E-state index is 0.200. The lowest BCUT2D eigenvalue weighted by Crippen LogP contribution is -2.54. The number of nitrogens with zero attached hydrogens (tertiary/aromatic N) is 1. The Morgan fingerprint density at radius 3 is 1.47 bits per heavy atom. The van der Waals surface area contributed by atoms with Gasteiger partial charge in [0.25, 0.3) is 0 Å². The monoisotopic (exact) mass is 691 g/mol. The summed E-state index contributed by atoms with van der Waals surface area (Å²) in [5, 5.41) is 22.2. The highest BCUT2D eigenvalue weighted by Gasteiger charge is 2.49. The van der Waals surface area contributed by atoms with Gasteiger partial charge >= 0.3 is 5.97 Å². The van der Waals surface area contributed by atoms with Crippen LogP contribution in [0.2, 0.25) is 0 Å². The molecule has 1 saturated carbocycles. The zero-order valence-electron chi connectivity index (χ0n) is 28.5. The molecule has 2 aliphatic carbocycles. The Morgan fingerprint density at radius 1 is 0.633 bits per heavy atom. The van der Waals surface area contributed by atoms with Crippen molar-refractivity contribution in [1.29, 1.82) is 0 Å². The van der Waals surface area contributed by atoms with Gasteiger partial charge in [-0.3, -0.25) is 28.9 Å². The van der Waals surface area contributed by atoms with Gasteiger partial charge in [-0.25, -0.2) is 4.79 Å². The normalized spacial score (nSPS) is 22.5. The molecule has 1 aliphatic heterocycles. The molecular weight excluding hydrogens is 634 g/mol. The van der Waals surface area contributed by atoms with E-state index in [0.29, 0.717) is 88.3 Å². The van der Waals surface area contributed by atoms with Crippen molar-refractivity contribution in [2.45, 2.75) is 82.3 Å². The van der Waals surface area contributed by atoms with Crippen molar-refractivity contribution in [1.82, 2.24) is 31.5 Å². The molecule has 16 nitrogen and oxygen atoms in total. The van der Waals surface area contributed by atoms with Crippen LogP contribution in [0.4, 0.5) is 0 Å². The molecule has 0 aromatic rings. The number of rotatable bonds is 24. The average molecular weight is 692 g/mol. The Bertz CT molecular complexity index is 1150. The number of hydrogen-bond acceptors (Lipinski definition) is 10. The zero-order chi connectivity index (χ0) is 35.8. The smallest absolute Gasteiger partial charge is 0.326 e. The molecule has 3 aliphatic rings. The van der Waals surface area contributed by atoms with E-state index in [4.69, 9.17) is 17.2 Å². The van der Waals surface area contributed by atoms with Crippen LogP contribution in [0.3, 0.4) is 0 Å². The maximum Gasteiger partial charge on any atom is 0.326 e. The standard InChI is InChI=1S/C33H57N9O7/c34-12-4-1-7-25(31(46)38-17-29(44)41-27(33(48)49)9-3-6-14-36)39-28(43)16-37-32(47)26(8-2-5-13-35)40-30(45)20-42-18-23-21-10-11-22(15-21)24(23)19-42/h10-11,21-27H,1-9,12-20,34-36H2,(H,37,47)(H,38,46)(H,39,43)(H,40,45)(H,41,44)(H,48,49)/t21?,22?,23?,24?,25-,26-,27-/m0/s1. The Balaban J connectivity index is 1.47. The predicted octanol–water partition coefficient (Wildman–Crippen LogP) is -2.10. The van der Waals surface area contributed by atoms with Crippen molar-refractivity contribution >= 4 is 35.5 Å². The first-order valence-corrected chi connectivity index (χ1v) is 17.7. The molecule has 0 aromatic carbocycles. The van der Waals surface area contributed by atoms with Crippen LogP contribution in [-0.4, -0.2) is 116 Å². The second-order valence-corrected chi connectivity index (χ2v) is 13.5. The Hall–Kier alpha value is -3.60. The number of hydrogen-bond donors (Lipinski definition) is 9. The van der Waals surface area contributed by atoms with Crippen molar-refractivity contribution in [2.24, 2.45) is 40.9 Å². The molecule has 276 valence electrons. The topological polar surface area (TPSA) is 264 Å². The first kappa shape index (κ1) is 39.8. The van der Waals surface area contributed by atoms with E-state index in [-0.39, 0.29) is 25.3 Å². The molecule has 12 N–H and O–H groups in total. The van der Waals surface area contributed by atoms with Crippen LogP contribution in [0.25, 0.3) is 0 Å². The Labute approximate surface area is 288 Å². The molecule has 0 radical (unpaired) electrons. The number of carboxylic acids is 1. The fourth-order valence-electron chi connectivity index (χ4n) is 7.16. The lowest BCUT2D eigenvalue weighted by atomic mass is 9.86. The van der Waals surface area contributed by atoms with Crippen molar-refractivity contribution in [3.8, 4) is 0 Å². The third-order valence-electron chi connectivity index (χ3n) is 9.73. The number of unbranched alkanes of at least 4 members (excludes halogenated alkanes) is 3. The number of carboxylic acid groups (broad SMARTS) is 1. The SMILES string of the molecule is NCCCC[C@H](NC(=O)CNC(=O)[C@H](CCCCN)NC(=O)CNC(=O)[C@H](CCCCN)NC(=O)CN1CC2C3C=CC(C3)C2C1)C(=O)O. The van der Waals surface area contributed by atoms with Gasteiger partial charge in [0.2, 0.25) is 29.5 Å². The number of likely N-dealkylation sites (tertiary alicyclic amines) is 1. The predicted molar refractivity (Wildman–Crippen MR) is 182 cm³/mol. The van der Waals surface area contributed by atoms with E-state index >= 15 is 0 Å². The molecule has 0 spiro atoms. The number of amides is 5. The van der Waals surface area contributed by atoms with Crippen LogP contribution in [-0.2, 0) is 28.8 Å². The summed E-state index contributed by atoms with van der Waals surface area (Å²) in [6.45, 7) is 2.27. The molecule has 2 bridgehead atoms. The van der Waals surface area contributed by atoms with Gasteiger partial charge in [-0.2, -0.15) is 0 Å². The van der Waals surface area contributed by atoms with Gasteiger partial charge < -0.3 is 48.9 Å². The number of nitrogens with two attached hydrogens (primary N) is 3. The van der Waals surface area contributed by atoms with Gasteiger partial charge in [-0.05, 0) is 108 Å². The summed E-state index contributed by atoms with van der Waals surface area (Å²) in [4.78, 5) is 78.0. The average Bonchev–Trinajstić information content (AvgIpc) is 3.79. The zero-order valence-corrected chi connectivity index (χ0v) is 28.5. The van der Waals surface area contributed by atoms with Crippen LogP contribution in [0.5, 0.6) is 0 Å². The summed E-state index contributed by atoms with van der Waals surface area (Å²) in [6, 6.07) is -2.98. The molecule has 7 atom stereocenters. The molecule has 4 unspecified atom stereocenters. The van der Waals surface area contributed by atoms with E-state index in [2.05, 4.69) is 43.6 Å². The van der Waals surface area contributed by atoms with Crippen molar-refractivity contribution in [2.75, 3.05) is 52.4 Å². The van der Waals surface area contributed by atoms with Gasteiger partial charge in [0.15, 0.2) is 0 Å². The summed E-state index contributed by atoms with van der Waals surface area (Å²) < 4.78 is 0. The number of nitrogens with one attached hydrogen (secondary N) is 5. The second-order valence-electron chi connectivity index (χ2n) is 13.5. The van der Waals surface area contributed by atoms with Crippen LogP contribution in [0, 0.1) is 23.7 Å². The van der Waals surface area contributed by atoms with Crippen molar-refractivity contribution in [3.63, 3.8) is 0 Å². The first-order valence-electron chi connectivity index (χ1n) is 17.7. The van der Waals surface area contributed by atoms with E-state index in [1.165, 1.54) is 6.42 Å². The van der Waals surface area contributed by atoms with E-state index < -0.39 is 60.8 Å². The van der Waals surface area contributed by atoms with Crippen molar-refractivity contribution < 1.29 is 33.9 Å².